The molecule has 1 unspecified atom stereocenters. The van der Waals surface area contributed by atoms with Crippen LogP contribution in [0.25, 0.3) is 0 Å². The largest absolute Gasteiger partial charge is 0.462 e. The van der Waals surface area contributed by atoms with Crippen molar-refractivity contribution in [3.8, 4) is 0 Å². The Labute approximate surface area is 448 Å². The predicted molar refractivity (Wildman–Crippen MR) is 316 cm³/mol. The summed E-state index contributed by atoms with van der Waals surface area (Å²) in [5.41, 5.74) is 0. The van der Waals surface area contributed by atoms with Gasteiger partial charge in [-0.3, -0.25) is 9.59 Å². The third kappa shape index (κ3) is 59.9. The van der Waals surface area contributed by atoms with E-state index >= 15 is 0 Å². The molecule has 0 aromatic carbocycles. The van der Waals surface area contributed by atoms with Gasteiger partial charge < -0.3 is 14.2 Å². The van der Waals surface area contributed by atoms with Crippen LogP contribution in [0, 0.1) is 0 Å². The molecule has 5 nitrogen and oxygen atoms in total. The molecule has 0 aliphatic rings. The summed E-state index contributed by atoms with van der Waals surface area (Å²) in [6, 6.07) is 0. The second kappa shape index (κ2) is 62.6. The molecule has 0 saturated heterocycles. The highest BCUT2D eigenvalue weighted by Crippen LogP contribution is 2.15. The standard InChI is InChI=1S/C67H120O5/c1-4-7-10-13-16-19-22-25-28-31-33-35-38-41-44-47-50-53-56-59-62-70-63-65(72-67(69)61-58-55-52-49-46-43-40-36-30-27-24-21-18-15-12-9-6-3)64-71-66(68)60-57-54-51-48-45-42-39-37-34-32-29-26-23-20-17-14-11-8-5-2/h16,18-19,21,25-30,33,35,65H,4-15,17,20,22-24,31-32,34,36-64H2,1-3H3/b19-16-,21-18-,28-25-,29-26-,30-27-,35-33-. The number of rotatable bonds is 58. The molecule has 0 amide bonds. The quantitative estimate of drug-likeness (QED) is 0.0345. The average molecular weight is 1010 g/mol. The fraction of sp³-hybridized carbons (Fsp3) is 0.791. The summed E-state index contributed by atoms with van der Waals surface area (Å²) in [5.74, 6) is -0.403. The fourth-order valence-electron chi connectivity index (χ4n) is 8.96. The second-order valence-electron chi connectivity index (χ2n) is 21.0. The van der Waals surface area contributed by atoms with E-state index in [1.165, 1.54) is 218 Å². The number of unbranched alkanes of at least 4 members (excludes halogenated alkanes) is 35. The van der Waals surface area contributed by atoms with Gasteiger partial charge in [-0.1, -0.05) is 261 Å². The van der Waals surface area contributed by atoms with Crippen molar-refractivity contribution in [2.75, 3.05) is 19.8 Å². The lowest BCUT2D eigenvalue weighted by atomic mass is 10.1. The smallest absolute Gasteiger partial charge is 0.306 e. The van der Waals surface area contributed by atoms with E-state index in [9.17, 15) is 9.59 Å². The van der Waals surface area contributed by atoms with Crippen LogP contribution in [0.15, 0.2) is 72.9 Å². The van der Waals surface area contributed by atoms with E-state index in [2.05, 4.69) is 93.7 Å². The number of ether oxygens (including phenoxy) is 3. The van der Waals surface area contributed by atoms with E-state index in [0.29, 0.717) is 19.4 Å². The molecule has 0 fully saturated rings. The number of carbonyl (C=O) groups excluding carboxylic acids is 2. The van der Waals surface area contributed by atoms with E-state index in [-0.39, 0.29) is 25.2 Å². The lowest BCUT2D eigenvalue weighted by Gasteiger charge is -2.18. The van der Waals surface area contributed by atoms with Gasteiger partial charge >= 0.3 is 11.9 Å². The first kappa shape index (κ1) is 69.3. The number of esters is 2. The summed E-state index contributed by atoms with van der Waals surface area (Å²) in [7, 11) is 0. The summed E-state index contributed by atoms with van der Waals surface area (Å²) in [6.45, 7) is 7.78. The topological polar surface area (TPSA) is 61.8 Å². The highest BCUT2D eigenvalue weighted by Gasteiger charge is 2.17. The van der Waals surface area contributed by atoms with Gasteiger partial charge in [0.2, 0.25) is 0 Å². The second-order valence-corrected chi connectivity index (χ2v) is 21.0. The molecule has 5 heteroatoms. The Morgan fingerprint density at radius 3 is 0.972 bits per heavy atom. The van der Waals surface area contributed by atoms with Crippen LogP contribution in [-0.4, -0.2) is 37.9 Å². The third-order valence-electron chi connectivity index (χ3n) is 13.7. The SMILES string of the molecule is CCCCC/C=C\C/C=C\C/C=C\CCCCCCCCCOCC(COC(=O)CCCCCCCCCCC/C=C\CCCCCCCC)OC(=O)CCCCCCCCC/C=C\C/C=C\CCCCC. The number of hydrogen-bond acceptors (Lipinski definition) is 5. The number of carbonyl (C=O) groups is 2. The van der Waals surface area contributed by atoms with Crippen molar-refractivity contribution < 1.29 is 23.8 Å². The molecule has 0 heterocycles. The minimum Gasteiger partial charge on any atom is -0.462 e. The first-order valence-electron chi connectivity index (χ1n) is 31.5. The normalized spacial score (nSPS) is 12.7. The molecule has 0 aromatic heterocycles. The molecular weight excluding hydrogens is 885 g/mol. The number of hydrogen-bond donors (Lipinski definition) is 0. The molecule has 1 atom stereocenters. The third-order valence-corrected chi connectivity index (χ3v) is 13.7. The average Bonchev–Trinajstić information content (AvgIpc) is 3.38. The van der Waals surface area contributed by atoms with Crippen LogP contribution in [-0.2, 0) is 23.8 Å². The molecule has 0 radical (unpaired) electrons. The van der Waals surface area contributed by atoms with Crippen LogP contribution >= 0.6 is 0 Å². The van der Waals surface area contributed by atoms with Gasteiger partial charge in [0.05, 0.1) is 6.61 Å². The molecule has 0 bridgehead atoms. The van der Waals surface area contributed by atoms with Crippen molar-refractivity contribution in [3.05, 3.63) is 72.9 Å². The molecular formula is C67H120O5. The first-order valence-corrected chi connectivity index (χ1v) is 31.5. The molecule has 418 valence electrons. The summed E-state index contributed by atoms with van der Waals surface area (Å²) >= 11 is 0. The summed E-state index contributed by atoms with van der Waals surface area (Å²) in [4.78, 5) is 25.6. The van der Waals surface area contributed by atoms with E-state index in [0.717, 1.165) is 64.2 Å². The maximum Gasteiger partial charge on any atom is 0.306 e. The van der Waals surface area contributed by atoms with Crippen molar-refractivity contribution >= 4 is 11.9 Å². The van der Waals surface area contributed by atoms with Gasteiger partial charge in [0.1, 0.15) is 6.61 Å². The van der Waals surface area contributed by atoms with E-state index in [1.807, 2.05) is 0 Å². The summed E-state index contributed by atoms with van der Waals surface area (Å²) in [5, 5.41) is 0. The van der Waals surface area contributed by atoms with Crippen molar-refractivity contribution in [1.29, 1.82) is 0 Å². The van der Waals surface area contributed by atoms with Gasteiger partial charge in [-0.15, -0.1) is 0 Å². The monoisotopic (exact) mass is 1000 g/mol. The van der Waals surface area contributed by atoms with Gasteiger partial charge in [0, 0.05) is 19.4 Å². The number of allylic oxidation sites excluding steroid dienone is 12. The van der Waals surface area contributed by atoms with Gasteiger partial charge in [-0.2, -0.15) is 0 Å². The minimum atomic E-state index is -0.550. The Morgan fingerprint density at radius 2 is 0.583 bits per heavy atom. The summed E-state index contributed by atoms with van der Waals surface area (Å²) < 4.78 is 17.5. The summed E-state index contributed by atoms with van der Waals surface area (Å²) in [6.07, 6.45) is 82.1. The zero-order chi connectivity index (χ0) is 52.0. The Hall–Kier alpha value is -2.66. The lowest BCUT2D eigenvalue weighted by Crippen LogP contribution is -2.30. The van der Waals surface area contributed by atoms with E-state index < -0.39 is 6.10 Å². The van der Waals surface area contributed by atoms with Crippen molar-refractivity contribution in [2.24, 2.45) is 0 Å². The fourth-order valence-corrected chi connectivity index (χ4v) is 8.96. The van der Waals surface area contributed by atoms with Crippen molar-refractivity contribution in [3.63, 3.8) is 0 Å². The zero-order valence-electron chi connectivity index (χ0n) is 48.2. The van der Waals surface area contributed by atoms with Gasteiger partial charge in [0.25, 0.3) is 0 Å². The molecule has 0 aliphatic heterocycles. The molecule has 0 N–H and O–H groups in total. The first-order chi connectivity index (χ1) is 35.6. The molecule has 0 saturated carbocycles. The molecule has 0 rings (SSSR count). The predicted octanol–water partition coefficient (Wildman–Crippen LogP) is 21.8. The van der Waals surface area contributed by atoms with E-state index in [4.69, 9.17) is 14.2 Å². The van der Waals surface area contributed by atoms with Crippen LogP contribution in [0.2, 0.25) is 0 Å². The Balaban J connectivity index is 4.30. The van der Waals surface area contributed by atoms with E-state index in [1.54, 1.807) is 0 Å². The Morgan fingerprint density at radius 1 is 0.306 bits per heavy atom. The minimum absolute atomic E-state index is 0.0766. The van der Waals surface area contributed by atoms with Crippen molar-refractivity contribution in [2.45, 2.75) is 322 Å². The lowest BCUT2D eigenvalue weighted by molar-refractivity contribution is -0.163. The van der Waals surface area contributed by atoms with Crippen LogP contribution in [0.4, 0.5) is 0 Å². The molecule has 0 spiro atoms. The van der Waals surface area contributed by atoms with Crippen LogP contribution in [0.3, 0.4) is 0 Å². The highest BCUT2D eigenvalue weighted by atomic mass is 16.6. The molecule has 72 heavy (non-hydrogen) atoms. The Bertz CT molecular complexity index is 1270. The Kier molecular flexibility index (Phi) is 60.3. The molecule has 0 aromatic rings. The maximum absolute atomic E-state index is 12.9. The highest BCUT2D eigenvalue weighted by molar-refractivity contribution is 5.70. The van der Waals surface area contributed by atoms with Gasteiger partial charge in [-0.05, 0) is 116 Å². The zero-order valence-corrected chi connectivity index (χ0v) is 48.2. The van der Waals surface area contributed by atoms with Gasteiger partial charge in [-0.25, -0.2) is 0 Å². The van der Waals surface area contributed by atoms with Crippen molar-refractivity contribution in [1.82, 2.24) is 0 Å². The maximum atomic E-state index is 12.9. The molecule has 0 aliphatic carbocycles. The van der Waals surface area contributed by atoms with Crippen LogP contribution in [0.1, 0.15) is 316 Å². The van der Waals surface area contributed by atoms with Crippen LogP contribution in [0.5, 0.6) is 0 Å². The van der Waals surface area contributed by atoms with Crippen LogP contribution < -0.4 is 0 Å². The van der Waals surface area contributed by atoms with Gasteiger partial charge in [0.15, 0.2) is 6.10 Å².